The standard InChI is InChI=1S/C13H20N4O2/c1-13(2,3)19-12(18)7-10-15-14-9-6-11-5-4-8-16-17-11/h4-5,8-9,15H,6-7,10H2,1-3H3. The van der Waals surface area contributed by atoms with Gasteiger partial charge in [-0.3, -0.25) is 4.79 Å². The zero-order valence-corrected chi connectivity index (χ0v) is 11.6. The number of esters is 1. The van der Waals surface area contributed by atoms with E-state index >= 15 is 0 Å². The Hall–Kier alpha value is -1.98. The average Bonchev–Trinajstić information content (AvgIpc) is 2.32. The molecule has 0 bridgehead atoms. The molecule has 0 unspecified atom stereocenters. The normalized spacial score (nSPS) is 11.5. The quantitative estimate of drug-likeness (QED) is 0.363. The molecule has 0 saturated heterocycles. The molecule has 0 fully saturated rings. The van der Waals surface area contributed by atoms with Crippen molar-refractivity contribution in [2.45, 2.75) is 39.2 Å². The van der Waals surface area contributed by atoms with Crippen molar-refractivity contribution in [2.75, 3.05) is 6.54 Å². The van der Waals surface area contributed by atoms with Gasteiger partial charge in [-0.15, -0.1) is 0 Å². The summed E-state index contributed by atoms with van der Waals surface area (Å²) in [5.74, 6) is -0.232. The number of nitrogens with zero attached hydrogens (tertiary/aromatic N) is 3. The number of carbonyl (C=O) groups excluding carboxylic acids is 1. The van der Waals surface area contributed by atoms with Crippen LogP contribution in [0, 0.1) is 0 Å². The van der Waals surface area contributed by atoms with Crippen LogP contribution in [-0.4, -0.2) is 34.5 Å². The predicted molar refractivity (Wildman–Crippen MR) is 72.7 cm³/mol. The summed E-state index contributed by atoms with van der Waals surface area (Å²) in [5, 5.41) is 11.7. The van der Waals surface area contributed by atoms with Crippen molar-refractivity contribution in [1.29, 1.82) is 0 Å². The van der Waals surface area contributed by atoms with Crippen LogP contribution in [0.25, 0.3) is 0 Å². The van der Waals surface area contributed by atoms with Crippen LogP contribution >= 0.6 is 0 Å². The van der Waals surface area contributed by atoms with Crippen LogP contribution < -0.4 is 5.43 Å². The van der Waals surface area contributed by atoms with E-state index < -0.39 is 5.60 Å². The van der Waals surface area contributed by atoms with Crippen LogP contribution in [0.1, 0.15) is 32.9 Å². The van der Waals surface area contributed by atoms with E-state index in [-0.39, 0.29) is 5.97 Å². The maximum Gasteiger partial charge on any atom is 0.308 e. The van der Waals surface area contributed by atoms with Crippen LogP contribution in [0.3, 0.4) is 0 Å². The van der Waals surface area contributed by atoms with E-state index in [9.17, 15) is 4.79 Å². The summed E-state index contributed by atoms with van der Waals surface area (Å²) in [6, 6.07) is 3.70. The molecule has 1 rings (SSSR count). The lowest BCUT2D eigenvalue weighted by Gasteiger charge is -2.19. The van der Waals surface area contributed by atoms with E-state index in [0.717, 1.165) is 5.69 Å². The summed E-state index contributed by atoms with van der Waals surface area (Å²) < 4.78 is 5.16. The summed E-state index contributed by atoms with van der Waals surface area (Å²) >= 11 is 0. The van der Waals surface area contributed by atoms with Crippen molar-refractivity contribution in [1.82, 2.24) is 15.6 Å². The fourth-order valence-electron chi connectivity index (χ4n) is 1.26. The predicted octanol–water partition coefficient (Wildman–Crippen LogP) is 1.33. The third-order valence-electron chi connectivity index (χ3n) is 1.97. The Bertz CT molecular complexity index is 412. The molecule has 1 aromatic rings. The van der Waals surface area contributed by atoms with E-state index in [0.29, 0.717) is 19.4 Å². The fourth-order valence-corrected chi connectivity index (χ4v) is 1.26. The van der Waals surface area contributed by atoms with E-state index in [2.05, 4.69) is 20.7 Å². The molecular weight excluding hydrogens is 244 g/mol. The first kappa shape index (κ1) is 15.1. The lowest BCUT2D eigenvalue weighted by atomic mass is 10.2. The maximum absolute atomic E-state index is 11.4. The van der Waals surface area contributed by atoms with Crippen LogP contribution in [0.4, 0.5) is 0 Å². The number of hydrogen-bond donors (Lipinski definition) is 1. The van der Waals surface area contributed by atoms with Crippen molar-refractivity contribution in [3.05, 3.63) is 24.0 Å². The highest BCUT2D eigenvalue weighted by molar-refractivity contribution is 5.70. The van der Waals surface area contributed by atoms with E-state index in [1.807, 2.05) is 32.9 Å². The molecule has 0 radical (unpaired) electrons. The lowest BCUT2D eigenvalue weighted by Crippen LogP contribution is -2.25. The van der Waals surface area contributed by atoms with Gasteiger partial charge in [-0.2, -0.15) is 15.3 Å². The molecule has 0 aliphatic carbocycles. The SMILES string of the molecule is CC(C)(C)OC(=O)CCNN=CCc1cccnn1. The molecule has 6 nitrogen and oxygen atoms in total. The summed E-state index contributed by atoms with van der Waals surface area (Å²) in [4.78, 5) is 11.4. The molecule has 1 heterocycles. The van der Waals surface area contributed by atoms with Gasteiger partial charge in [0, 0.05) is 25.4 Å². The van der Waals surface area contributed by atoms with Gasteiger partial charge in [0.1, 0.15) is 5.60 Å². The molecule has 104 valence electrons. The van der Waals surface area contributed by atoms with Crippen LogP contribution in [-0.2, 0) is 16.0 Å². The summed E-state index contributed by atoms with van der Waals surface area (Å²) in [7, 11) is 0. The Morgan fingerprint density at radius 3 is 2.95 bits per heavy atom. The van der Waals surface area contributed by atoms with Crippen LogP contribution in [0.15, 0.2) is 23.4 Å². The second-order valence-electron chi connectivity index (χ2n) is 4.98. The van der Waals surface area contributed by atoms with Gasteiger partial charge in [-0.05, 0) is 32.9 Å². The van der Waals surface area contributed by atoms with E-state index in [4.69, 9.17) is 4.74 Å². The Morgan fingerprint density at radius 2 is 2.32 bits per heavy atom. The smallest absolute Gasteiger partial charge is 0.308 e. The van der Waals surface area contributed by atoms with Gasteiger partial charge in [0.2, 0.25) is 0 Å². The molecule has 0 aliphatic rings. The first-order chi connectivity index (χ1) is 8.97. The number of aromatic nitrogens is 2. The second kappa shape index (κ2) is 7.45. The summed E-state index contributed by atoms with van der Waals surface area (Å²) in [6.07, 6.45) is 4.21. The molecule has 19 heavy (non-hydrogen) atoms. The number of ether oxygens (including phenoxy) is 1. The van der Waals surface area contributed by atoms with Gasteiger partial charge in [0.15, 0.2) is 0 Å². The third-order valence-corrected chi connectivity index (χ3v) is 1.97. The largest absolute Gasteiger partial charge is 0.460 e. The molecule has 0 amide bonds. The molecular formula is C13H20N4O2. The van der Waals surface area contributed by atoms with Gasteiger partial charge in [-0.25, -0.2) is 0 Å². The molecule has 0 aromatic carbocycles. The Labute approximate surface area is 113 Å². The van der Waals surface area contributed by atoms with Gasteiger partial charge >= 0.3 is 5.97 Å². The number of hydrogen-bond acceptors (Lipinski definition) is 6. The number of hydrazone groups is 1. The molecule has 0 spiro atoms. The van der Waals surface area contributed by atoms with Gasteiger partial charge in [0.05, 0.1) is 12.1 Å². The topological polar surface area (TPSA) is 76.5 Å². The Kier molecular flexibility index (Phi) is 5.92. The van der Waals surface area contributed by atoms with Crippen LogP contribution in [0.2, 0.25) is 0 Å². The molecule has 6 heteroatoms. The van der Waals surface area contributed by atoms with Gasteiger partial charge in [-0.1, -0.05) is 0 Å². The first-order valence-corrected chi connectivity index (χ1v) is 6.20. The number of rotatable bonds is 6. The highest BCUT2D eigenvalue weighted by Crippen LogP contribution is 2.07. The molecule has 0 atom stereocenters. The van der Waals surface area contributed by atoms with Crippen LogP contribution in [0.5, 0.6) is 0 Å². The van der Waals surface area contributed by atoms with E-state index in [1.54, 1.807) is 12.4 Å². The van der Waals surface area contributed by atoms with Gasteiger partial charge < -0.3 is 10.2 Å². The molecule has 1 aromatic heterocycles. The zero-order valence-electron chi connectivity index (χ0n) is 11.6. The third kappa shape index (κ3) is 7.86. The summed E-state index contributed by atoms with van der Waals surface area (Å²) in [5.41, 5.74) is 3.20. The van der Waals surface area contributed by atoms with E-state index in [1.165, 1.54) is 0 Å². The zero-order chi connectivity index (χ0) is 14.1. The van der Waals surface area contributed by atoms with Gasteiger partial charge in [0.25, 0.3) is 0 Å². The second-order valence-corrected chi connectivity index (χ2v) is 4.98. The minimum Gasteiger partial charge on any atom is -0.460 e. The first-order valence-electron chi connectivity index (χ1n) is 6.20. The minimum absolute atomic E-state index is 0.232. The van der Waals surface area contributed by atoms with Crippen molar-refractivity contribution in [3.8, 4) is 0 Å². The summed E-state index contributed by atoms with van der Waals surface area (Å²) in [6.45, 7) is 5.98. The minimum atomic E-state index is -0.438. The monoisotopic (exact) mass is 264 g/mol. The van der Waals surface area contributed by atoms with Crippen molar-refractivity contribution in [2.24, 2.45) is 5.10 Å². The Balaban J connectivity index is 2.12. The van der Waals surface area contributed by atoms with Crippen molar-refractivity contribution < 1.29 is 9.53 Å². The number of nitrogens with one attached hydrogen (secondary N) is 1. The average molecular weight is 264 g/mol. The molecule has 0 saturated carbocycles. The molecule has 0 aliphatic heterocycles. The maximum atomic E-state index is 11.4. The fraction of sp³-hybridized carbons (Fsp3) is 0.538. The van der Waals surface area contributed by atoms with Crippen molar-refractivity contribution >= 4 is 12.2 Å². The highest BCUT2D eigenvalue weighted by Gasteiger charge is 2.15. The highest BCUT2D eigenvalue weighted by atomic mass is 16.6. The molecule has 1 N–H and O–H groups in total. The van der Waals surface area contributed by atoms with Crippen molar-refractivity contribution in [3.63, 3.8) is 0 Å². The number of carbonyl (C=O) groups is 1. The lowest BCUT2D eigenvalue weighted by molar-refractivity contribution is -0.154. The Morgan fingerprint density at radius 1 is 1.53 bits per heavy atom.